The normalized spacial score (nSPS) is 38.9. The second-order valence-corrected chi connectivity index (χ2v) is 7.69. The van der Waals surface area contributed by atoms with Gasteiger partial charge in [-0.05, 0) is 57.8 Å². The van der Waals surface area contributed by atoms with Gasteiger partial charge in [0.1, 0.15) is 6.10 Å². The minimum Gasteiger partial charge on any atom is -0.504 e. The molecule has 1 saturated carbocycles. The number of phenols is 1. The first-order valence-electron chi connectivity index (χ1n) is 9.00. The summed E-state index contributed by atoms with van der Waals surface area (Å²) in [6, 6.07) is 4.46. The van der Waals surface area contributed by atoms with Crippen molar-refractivity contribution in [2.45, 2.75) is 56.3 Å². The molecule has 5 atom stereocenters. The van der Waals surface area contributed by atoms with Crippen molar-refractivity contribution < 1.29 is 14.6 Å². The smallest absolute Gasteiger partial charge is 0.165 e. The number of hydrogen-bond acceptors (Lipinski definition) is 4. The molecule has 5 rings (SSSR count). The Labute approximate surface area is 149 Å². The zero-order valence-corrected chi connectivity index (χ0v) is 15.1. The van der Waals surface area contributed by atoms with E-state index < -0.39 is 0 Å². The first kappa shape index (κ1) is 16.5. The monoisotopic (exact) mass is 351 g/mol. The van der Waals surface area contributed by atoms with Crippen LogP contribution in [0.15, 0.2) is 12.1 Å². The third-order valence-corrected chi connectivity index (χ3v) is 6.90. The predicted molar refractivity (Wildman–Crippen MR) is 94.3 cm³/mol. The zero-order valence-electron chi connectivity index (χ0n) is 14.3. The fourth-order valence-electron chi connectivity index (χ4n) is 6.10. The van der Waals surface area contributed by atoms with Gasteiger partial charge < -0.3 is 19.5 Å². The third-order valence-electron chi connectivity index (χ3n) is 6.90. The largest absolute Gasteiger partial charge is 0.504 e. The zero-order chi connectivity index (χ0) is 15.8. The van der Waals surface area contributed by atoms with Crippen LogP contribution >= 0.6 is 12.4 Å². The van der Waals surface area contributed by atoms with E-state index in [-0.39, 0.29) is 23.9 Å². The number of aromatic hydroxyl groups is 1. The maximum Gasteiger partial charge on any atom is 0.165 e. The Morgan fingerprint density at radius 3 is 3.00 bits per heavy atom. The van der Waals surface area contributed by atoms with Crippen molar-refractivity contribution >= 4 is 12.4 Å². The Morgan fingerprint density at radius 2 is 2.21 bits per heavy atom. The number of nitrogens with zero attached hydrogens (tertiary/aromatic N) is 1. The summed E-state index contributed by atoms with van der Waals surface area (Å²) in [7, 11) is 2.26. The van der Waals surface area contributed by atoms with Gasteiger partial charge in [0.05, 0.1) is 6.10 Å². The van der Waals surface area contributed by atoms with E-state index >= 15 is 0 Å². The van der Waals surface area contributed by atoms with E-state index in [4.69, 9.17) is 9.47 Å². The van der Waals surface area contributed by atoms with Gasteiger partial charge in [0, 0.05) is 29.5 Å². The molecule has 1 aromatic rings. The number of rotatable bonds is 2. The molecule has 0 radical (unpaired) electrons. The standard InChI is InChI=1S/C19H25NO3.ClH/c1-3-22-14-6-7-15-19-8-9-20(2)12(17(14)19)10-11-4-5-13(21)18(23-15)16(11)19;/h4-5,12,14-15,17,21H,3,6-10H2,1-2H3;1H. The second kappa shape index (κ2) is 5.52. The van der Waals surface area contributed by atoms with Crippen molar-refractivity contribution in [3.63, 3.8) is 0 Å². The van der Waals surface area contributed by atoms with E-state index in [2.05, 4.69) is 24.9 Å². The molecule has 4 aliphatic rings. The minimum absolute atomic E-state index is 0. The number of likely N-dealkylation sites (N-methyl/N-ethyl adjacent to an activating group) is 1. The van der Waals surface area contributed by atoms with Gasteiger partial charge in [0.2, 0.25) is 0 Å². The molecule has 2 fully saturated rings. The van der Waals surface area contributed by atoms with Crippen LogP contribution in [0.2, 0.25) is 0 Å². The highest BCUT2D eigenvalue weighted by Gasteiger charge is 2.65. The fraction of sp³-hybridized carbons (Fsp3) is 0.684. The molecule has 4 nitrogen and oxygen atoms in total. The first-order chi connectivity index (χ1) is 11.2. The number of halogens is 1. The number of benzene rings is 1. The molecule has 1 aromatic carbocycles. The van der Waals surface area contributed by atoms with Gasteiger partial charge in [-0.15, -0.1) is 12.4 Å². The quantitative estimate of drug-likeness (QED) is 0.889. The van der Waals surface area contributed by atoms with Crippen molar-refractivity contribution in [1.82, 2.24) is 4.90 Å². The maximum absolute atomic E-state index is 10.4. The Hall–Kier alpha value is -0.970. The molecular formula is C19H26ClNO3. The summed E-state index contributed by atoms with van der Waals surface area (Å²) in [6.45, 7) is 3.98. The van der Waals surface area contributed by atoms with E-state index in [1.807, 2.05) is 6.07 Å². The van der Waals surface area contributed by atoms with Crippen LogP contribution < -0.4 is 4.74 Å². The lowest BCUT2D eigenvalue weighted by molar-refractivity contribution is -0.127. The average molecular weight is 352 g/mol. The fourth-order valence-corrected chi connectivity index (χ4v) is 6.10. The van der Waals surface area contributed by atoms with Crippen molar-refractivity contribution in [3.8, 4) is 11.5 Å². The van der Waals surface area contributed by atoms with E-state index in [1.54, 1.807) is 0 Å². The van der Waals surface area contributed by atoms with Crippen LogP contribution in [-0.2, 0) is 16.6 Å². The Kier molecular flexibility index (Phi) is 3.79. The van der Waals surface area contributed by atoms with Crippen molar-refractivity contribution in [2.75, 3.05) is 20.2 Å². The maximum atomic E-state index is 10.4. The summed E-state index contributed by atoms with van der Waals surface area (Å²) >= 11 is 0. The van der Waals surface area contributed by atoms with Gasteiger partial charge >= 0.3 is 0 Å². The van der Waals surface area contributed by atoms with Crippen molar-refractivity contribution in [3.05, 3.63) is 23.3 Å². The van der Waals surface area contributed by atoms with Crippen molar-refractivity contribution in [1.29, 1.82) is 0 Å². The summed E-state index contributed by atoms with van der Waals surface area (Å²) in [4.78, 5) is 2.53. The van der Waals surface area contributed by atoms with Gasteiger partial charge in [-0.2, -0.15) is 0 Å². The molecule has 2 bridgehead atoms. The van der Waals surface area contributed by atoms with Crippen molar-refractivity contribution in [2.24, 2.45) is 5.92 Å². The van der Waals surface area contributed by atoms with Crippen LogP contribution in [0.5, 0.6) is 11.5 Å². The molecule has 0 amide bonds. The molecule has 2 aliphatic heterocycles. The Morgan fingerprint density at radius 1 is 1.38 bits per heavy atom. The van der Waals surface area contributed by atoms with Crippen LogP contribution in [0, 0.1) is 5.92 Å². The number of likely N-dealkylation sites (tertiary alicyclic amines) is 1. The predicted octanol–water partition coefficient (Wildman–Crippen LogP) is 2.89. The topological polar surface area (TPSA) is 41.9 Å². The number of hydrogen-bond donors (Lipinski definition) is 1. The molecule has 5 heteroatoms. The van der Waals surface area contributed by atoms with Crippen LogP contribution in [0.3, 0.4) is 0 Å². The average Bonchev–Trinajstić information content (AvgIpc) is 2.89. The summed E-state index contributed by atoms with van der Waals surface area (Å²) in [5.74, 6) is 1.57. The lowest BCUT2D eigenvalue weighted by Crippen LogP contribution is -2.67. The molecule has 132 valence electrons. The highest BCUT2D eigenvalue weighted by Crippen LogP contribution is 2.63. The number of piperidine rings is 1. The molecule has 2 aliphatic carbocycles. The highest BCUT2D eigenvalue weighted by atomic mass is 35.5. The van der Waals surface area contributed by atoms with Gasteiger partial charge in [-0.3, -0.25) is 0 Å². The molecule has 1 N–H and O–H groups in total. The van der Waals surface area contributed by atoms with Gasteiger partial charge in [0.25, 0.3) is 0 Å². The van der Waals surface area contributed by atoms with Gasteiger partial charge in [-0.25, -0.2) is 0 Å². The second-order valence-electron chi connectivity index (χ2n) is 7.69. The summed E-state index contributed by atoms with van der Waals surface area (Å²) in [6.07, 6.45) is 4.79. The highest BCUT2D eigenvalue weighted by molar-refractivity contribution is 5.85. The van der Waals surface area contributed by atoms with E-state index in [9.17, 15) is 5.11 Å². The molecule has 1 spiro atoms. The molecule has 5 unspecified atom stereocenters. The van der Waals surface area contributed by atoms with Crippen LogP contribution in [0.25, 0.3) is 0 Å². The molecule has 24 heavy (non-hydrogen) atoms. The van der Waals surface area contributed by atoms with Crippen LogP contribution in [0.4, 0.5) is 0 Å². The lowest BCUT2D eigenvalue weighted by atomic mass is 9.51. The minimum atomic E-state index is 0. The summed E-state index contributed by atoms with van der Waals surface area (Å²) in [5.41, 5.74) is 2.75. The van der Waals surface area contributed by atoms with E-state index in [0.717, 1.165) is 44.6 Å². The first-order valence-corrected chi connectivity index (χ1v) is 9.00. The molecular weight excluding hydrogens is 326 g/mol. The third kappa shape index (κ3) is 1.82. The Balaban J connectivity index is 0.00000146. The molecule has 0 aromatic heterocycles. The van der Waals surface area contributed by atoms with E-state index in [0.29, 0.717) is 23.8 Å². The van der Waals surface area contributed by atoms with Crippen LogP contribution in [-0.4, -0.2) is 48.5 Å². The number of ether oxygens (including phenoxy) is 2. The number of phenolic OH excluding ortho intramolecular Hbond substituents is 1. The summed E-state index contributed by atoms with van der Waals surface area (Å²) in [5, 5.41) is 10.4. The molecule has 1 saturated heterocycles. The van der Waals surface area contributed by atoms with Gasteiger partial charge in [0.15, 0.2) is 11.5 Å². The van der Waals surface area contributed by atoms with E-state index in [1.165, 1.54) is 11.1 Å². The SMILES string of the molecule is CCOC1CCC2Oc3c(O)ccc4c3C23CCN(C)C(C4)C13.Cl. The van der Waals surface area contributed by atoms with Gasteiger partial charge in [-0.1, -0.05) is 6.07 Å². The van der Waals surface area contributed by atoms with Crippen LogP contribution in [0.1, 0.15) is 37.3 Å². The lowest BCUT2D eigenvalue weighted by Gasteiger charge is -2.59. The summed E-state index contributed by atoms with van der Waals surface area (Å²) < 4.78 is 12.6. The molecule has 2 heterocycles. The Bertz CT molecular complexity index is 666.